The summed E-state index contributed by atoms with van der Waals surface area (Å²) < 4.78 is 0. The van der Waals surface area contributed by atoms with Gasteiger partial charge in [0.25, 0.3) is 0 Å². The Morgan fingerprint density at radius 1 is 0.708 bits per heavy atom. The molecule has 2 bridgehead atoms. The normalized spacial score (nSPS) is 52.2. The van der Waals surface area contributed by atoms with E-state index in [4.69, 9.17) is 0 Å². The summed E-state index contributed by atoms with van der Waals surface area (Å²) in [6.07, 6.45) is 15.1. The molecule has 5 saturated heterocycles. The molecule has 1 saturated carbocycles. The molecule has 0 amide bonds. The molecule has 6 aliphatic rings. The number of rotatable bonds is 0. The van der Waals surface area contributed by atoms with Crippen LogP contribution in [0.25, 0.3) is 0 Å². The monoisotopic (exact) mass is 329 g/mol. The Morgan fingerprint density at radius 2 is 1.54 bits per heavy atom. The van der Waals surface area contributed by atoms with Gasteiger partial charge >= 0.3 is 0 Å². The summed E-state index contributed by atoms with van der Waals surface area (Å²) in [5.41, 5.74) is 0.626. The third kappa shape index (κ3) is 1.95. The largest absolute Gasteiger partial charge is 0.299 e. The zero-order valence-corrected chi connectivity index (χ0v) is 15.3. The standard InChI is InChI=1S/C21H35N3/c1-3-9-22-14-21-13-17(18(22)7-1)12-16-6-5-11-24(20(16)21)15-23-10-4-2-8-19(21)23/h16-20H,1-15H2/t16-,17?,18-,19+,20+,21+/m0/s1. The van der Waals surface area contributed by atoms with Gasteiger partial charge in [-0.1, -0.05) is 12.8 Å². The maximum atomic E-state index is 3.00. The molecule has 5 heterocycles. The Hall–Kier alpha value is -0.120. The minimum Gasteiger partial charge on any atom is -0.299 e. The van der Waals surface area contributed by atoms with Crippen molar-refractivity contribution in [1.29, 1.82) is 0 Å². The number of hydrogen-bond donors (Lipinski definition) is 0. The van der Waals surface area contributed by atoms with E-state index in [1.54, 1.807) is 19.3 Å². The molecule has 6 atom stereocenters. The summed E-state index contributed by atoms with van der Waals surface area (Å²) in [6, 6.07) is 2.81. The molecule has 1 unspecified atom stereocenters. The van der Waals surface area contributed by atoms with Crippen LogP contribution in [0, 0.1) is 17.3 Å². The minimum absolute atomic E-state index is 0.626. The van der Waals surface area contributed by atoms with Crippen LogP contribution in [-0.4, -0.2) is 65.7 Å². The highest BCUT2D eigenvalue weighted by Crippen LogP contribution is 2.59. The van der Waals surface area contributed by atoms with Crippen LogP contribution >= 0.6 is 0 Å². The summed E-state index contributed by atoms with van der Waals surface area (Å²) in [5, 5.41) is 0. The third-order valence-electron chi connectivity index (χ3n) is 9.04. The van der Waals surface area contributed by atoms with E-state index < -0.39 is 0 Å². The van der Waals surface area contributed by atoms with Gasteiger partial charge in [-0.3, -0.25) is 14.7 Å². The van der Waals surface area contributed by atoms with E-state index in [9.17, 15) is 0 Å². The first kappa shape index (κ1) is 15.0. The van der Waals surface area contributed by atoms with Gasteiger partial charge in [-0.15, -0.1) is 0 Å². The van der Waals surface area contributed by atoms with Crippen LogP contribution in [0.3, 0.4) is 0 Å². The molecule has 6 fully saturated rings. The first-order valence-electron chi connectivity index (χ1n) is 11.1. The molecule has 0 N–H and O–H groups in total. The molecule has 6 rings (SSSR count). The van der Waals surface area contributed by atoms with Crippen LogP contribution in [0.1, 0.15) is 64.2 Å². The van der Waals surface area contributed by atoms with Gasteiger partial charge < -0.3 is 0 Å². The van der Waals surface area contributed by atoms with Crippen molar-refractivity contribution in [1.82, 2.24) is 14.7 Å². The lowest BCUT2D eigenvalue weighted by Crippen LogP contribution is -2.77. The van der Waals surface area contributed by atoms with E-state index in [1.807, 2.05) is 0 Å². The second-order valence-electron chi connectivity index (χ2n) is 10.1. The predicted molar refractivity (Wildman–Crippen MR) is 96.8 cm³/mol. The predicted octanol–water partition coefficient (Wildman–Crippen LogP) is 3.16. The maximum absolute atomic E-state index is 3.00. The zero-order chi connectivity index (χ0) is 15.7. The summed E-state index contributed by atoms with van der Waals surface area (Å²) >= 11 is 0. The smallest absolute Gasteiger partial charge is 0.0512 e. The fourth-order valence-corrected chi connectivity index (χ4v) is 8.53. The molecule has 0 aromatic heterocycles. The quantitative estimate of drug-likeness (QED) is 0.676. The van der Waals surface area contributed by atoms with Crippen LogP contribution in [0.15, 0.2) is 0 Å². The summed E-state index contributed by atoms with van der Waals surface area (Å²) in [4.78, 5) is 8.91. The van der Waals surface area contributed by atoms with Crippen molar-refractivity contribution in [3.05, 3.63) is 0 Å². The molecule has 3 heteroatoms. The SMILES string of the molecule is C1CCN2C[C@]34CC(C[C@@H]5CCCN(CN6CCCC[C@@H]63)[C@H]54)[C@@H]2C1. The van der Waals surface area contributed by atoms with Crippen molar-refractivity contribution in [3.8, 4) is 0 Å². The summed E-state index contributed by atoms with van der Waals surface area (Å²) in [6.45, 7) is 6.94. The molecule has 0 aromatic carbocycles. The van der Waals surface area contributed by atoms with Crippen LogP contribution in [0.2, 0.25) is 0 Å². The molecule has 0 radical (unpaired) electrons. The highest BCUT2D eigenvalue weighted by Gasteiger charge is 2.63. The van der Waals surface area contributed by atoms with Gasteiger partial charge in [0.05, 0.1) is 6.67 Å². The molecule has 0 aromatic rings. The number of fused-ring (bicyclic) bond motifs is 4. The number of piperidine rings is 4. The van der Waals surface area contributed by atoms with Gasteiger partial charge in [-0.2, -0.15) is 0 Å². The molecular formula is C21H35N3. The highest BCUT2D eigenvalue weighted by atomic mass is 15.4. The molecule has 1 aliphatic carbocycles. The van der Waals surface area contributed by atoms with E-state index >= 15 is 0 Å². The average molecular weight is 330 g/mol. The lowest BCUT2D eigenvalue weighted by Gasteiger charge is -2.70. The van der Waals surface area contributed by atoms with Gasteiger partial charge in [0, 0.05) is 30.1 Å². The Balaban J connectivity index is 1.43. The Morgan fingerprint density at radius 3 is 2.50 bits per heavy atom. The fourth-order valence-electron chi connectivity index (χ4n) is 8.53. The van der Waals surface area contributed by atoms with Gasteiger partial charge in [-0.25, -0.2) is 0 Å². The molecular weight excluding hydrogens is 294 g/mol. The molecule has 5 aliphatic heterocycles. The van der Waals surface area contributed by atoms with Gasteiger partial charge in [0.2, 0.25) is 0 Å². The fraction of sp³-hybridized carbons (Fsp3) is 1.00. The van der Waals surface area contributed by atoms with Crippen LogP contribution in [-0.2, 0) is 0 Å². The molecule has 1 spiro atoms. The zero-order valence-electron chi connectivity index (χ0n) is 15.3. The van der Waals surface area contributed by atoms with E-state index in [0.717, 1.165) is 30.0 Å². The molecule has 3 nitrogen and oxygen atoms in total. The second-order valence-corrected chi connectivity index (χ2v) is 10.1. The van der Waals surface area contributed by atoms with Crippen molar-refractivity contribution in [2.75, 3.05) is 32.8 Å². The maximum Gasteiger partial charge on any atom is 0.0512 e. The van der Waals surface area contributed by atoms with Crippen LogP contribution < -0.4 is 0 Å². The van der Waals surface area contributed by atoms with Gasteiger partial charge in [-0.05, 0) is 82.8 Å². The molecule has 134 valence electrons. The van der Waals surface area contributed by atoms with Gasteiger partial charge in [0.1, 0.15) is 0 Å². The van der Waals surface area contributed by atoms with E-state index in [-0.39, 0.29) is 0 Å². The lowest BCUT2D eigenvalue weighted by atomic mass is 9.51. The first-order chi connectivity index (χ1) is 11.9. The average Bonchev–Trinajstić information content (AvgIpc) is 2.62. The summed E-state index contributed by atoms with van der Waals surface area (Å²) in [7, 11) is 0. The number of hydrogen-bond acceptors (Lipinski definition) is 3. The summed E-state index contributed by atoms with van der Waals surface area (Å²) in [5.74, 6) is 2.06. The Bertz CT molecular complexity index is 507. The van der Waals surface area contributed by atoms with E-state index in [1.165, 1.54) is 77.8 Å². The number of nitrogens with zero attached hydrogens (tertiary/aromatic N) is 3. The van der Waals surface area contributed by atoms with Crippen molar-refractivity contribution >= 4 is 0 Å². The van der Waals surface area contributed by atoms with Crippen molar-refractivity contribution in [2.45, 2.75) is 82.3 Å². The topological polar surface area (TPSA) is 9.72 Å². The van der Waals surface area contributed by atoms with Crippen molar-refractivity contribution < 1.29 is 0 Å². The third-order valence-corrected chi connectivity index (χ3v) is 9.04. The molecule has 24 heavy (non-hydrogen) atoms. The Labute approximate surface area is 147 Å². The Kier molecular flexibility index (Phi) is 3.40. The highest BCUT2D eigenvalue weighted by molar-refractivity contribution is 5.16. The second kappa shape index (κ2) is 5.44. The first-order valence-corrected chi connectivity index (χ1v) is 11.1. The van der Waals surface area contributed by atoms with E-state index in [2.05, 4.69) is 14.7 Å². The lowest BCUT2D eigenvalue weighted by molar-refractivity contribution is -0.215. The van der Waals surface area contributed by atoms with Crippen LogP contribution in [0.5, 0.6) is 0 Å². The van der Waals surface area contributed by atoms with Crippen molar-refractivity contribution in [3.63, 3.8) is 0 Å². The van der Waals surface area contributed by atoms with Crippen molar-refractivity contribution in [2.24, 2.45) is 17.3 Å². The van der Waals surface area contributed by atoms with Gasteiger partial charge in [0.15, 0.2) is 0 Å². The van der Waals surface area contributed by atoms with E-state index in [0.29, 0.717) is 5.41 Å². The van der Waals surface area contributed by atoms with Crippen LogP contribution in [0.4, 0.5) is 0 Å². The minimum atomic E-state index is 0.626.